The van der Waals surface area contributed by atoms with Gasteiger partial charge < -0.3 is 5.32 Å². The van der Waals surface area contributed by atoms with Crippen molar-refractivity contribution in [3.63, 3.8) is 0 Å². The minimum atomic E-state index is -0.847. The third-order valence-corrected chi connectivity index (χ3v) is 3.47. The molecule has 2 fully saturated rings. The zero-order chi connectivity index (χ0) is 8.44. The van der Waals surface area contributed by atoms with Crippen LogP contribution in [0.2, 0.25) is 0 Å². The molecule has 0 spiro atoms. The molecule has 12 heavy (non-hydrogen) atoms. The standard InChI is InChI=1S/C10H18FN/c11-10(6-7-12-8-10)9-4-2-1-3-5-9/h9,12H,1-8H2. The number of halogens is 1. The monoisotopic (exact) mass is 171 g/mol. The number of hydrogen-bond acceptors (Lipinski definition) is 1. The molecule has 1 aliphatic carbocycles. The van der Waals surface area contributed by atoms with Gasteiger partial charge in [0.2, 0.25) is 0 Å². The van der Waals surface area contributed by atoms with Gasteiger partial charge in [-0.1, -0.05) is 19.3 Å². The number of nitrogens with one attached hydrogen (secondary N) is 1. The van der Waals surface area contributed by atoms with E-state index in [4.69, 9.17) is 0 Å². The van der Waals surface area contributed by atoms with Crippen molar-refractivity contribution in [2.24, 2.45) is 5.92 Å². The number of rotatable bonds is 1. The molecule has 2 heteroatoms. The highest BCUT2D eigenvalue weighted by Crippen LogP contribution is 2.38. The zero-order valence-corrected chi connectivity index (χ0v) is 7.61. The first kappa shape index (κ1) is 8.49. The molecule has 2 aliphatic rings. The van der Waals surface area contributed by atoms with Crippen molar-refractivity contribution >= 4 is 0 Å². The van der Waals surface area contributed by atoms with E-state index in [1.807, 2.05) is 0 Å². The first-order valence-electron chi connectivity index (χ1n) is 5.21. The Hall–Kier alpha value is -0.110. The predicted molar refractivity (Wildman–Crippen MR) is 47.9 cm³/mol. The molecule has 70 valence electrons. The summed E-state index contributed by atoms with van der Waals surface area (Å²) in [6.07, 6.45) is 6.81. The Morgan fingerprint density at radius 3 is 2.50 bits per heavy atom. The van der Waals surface area contributed by atoms with Gasteiger partial charge in [-0.15, -0.1) is 0 Å². The fraction of sp³-hybridized carbons (Fsp3) is 1.00. The lowest BCUT2D eigenvalue weighted by Crippen LogP contribution is -2.36. The highest BCUT2D eigenvalue weighted by molar-refractivity contribution is 4.95. The Labute approximate surface area is 73.7 Å². The normalized spacial score (nSPS) is 38.8. The lowest BCUT2D eigenvalue weighted by Gasteiger charge is -2.32. The van der Waals surface area contributed by atoms with Crippen LogP contribution in [0.4, 0.5) is 4.39 Å². The summed E-state index contributed by atoms with van der Waals surface area (Å²) in [5.41, 5.74) is -0.847. The molecular formula is C10H18FN. The first-order valence-corrected chi connectivity index (χ1v) is 5.21. The molecule has 1 heterocycles. The van der Waals surface area contributed by atoms with E-state index in [1.54, 1.807) is 0 Å². The lowest BCUT2D eigenvalue weighted by molar-refractivity contribution is 0.0761. The quantitative estimate of drug-likeness (QED) is 0.638. The Morgan fingerprint density at radius 2 is 1.92 bits per heavy atom. The second-order valence-corrected chi connectivity index (χ2v) is 4.30. The van der Waals surface area contributed by atoms with Gasteiger partial charge in [0.05, 0.1) is 0 Å². The highest BCUT2D eigenvalue weighted by atomic mass is 19.1. The molecule has 1 aliphatic heterocycles. The molecule has 1 saturated heterocycles. The van der Waals surface area contributed by atoms with E-state index < -0.39 is 5.67 Å². The second kappa shape index (κ2) is 3.33. The molecule has 0 aromatic rings. The van der Waals surface area contributed by atoms with Crippen molar-refractivity contribution in [2.45, 2.75) is 44.2 Å². The SMILES string of the molecule is FC1(C2CCCCC2)CCNC1. The van der Waals surface area contributed by atoms with Crippen molar-refractivity contribution < 1.29 is 4.39 Å². The van der Waals surface area contributed by atoms with Crippen molar-refractivity contribution in [3.05, 3.63) is 0 Å². The molecular weight excluding hydrogens is 153 g/mol. The highest BCUT2D eigenvalue weighted by Gasteiger charge is 2.41. The summed E-state index contributed by atoms with van der Waals surface area (Å²) in [5, 5.41) is 3.14. The van der Waals surface area contributed by atoms with Crippen LogP contribution in [0.1, 0.15) is 38.5 Å². The zero-order valence-electron chi connectivity index (χ0n) is 7.61. The average Bonchev–Trinajstić information content (AvgIpc) is 2.55. The van der Waals surface area contributed by atoms with Gasteiger partial charge in [-0.25, -0.2) is 4.39 Å². The van der Waals surface area contributed by atoms with Crippen LogP contribution in [-0.4, -0.2) is 18.8 Å². The lowest BCUT2D eigenvalue weighted by atomic mass is 9.77. The summed E-state index contributed by atoms with van der Waals surface area (Å²) in [4.78, 5) is 0. The van der Waals surface area contributed by atoms with Crippen molar-refractivity contribution in [1.82, 2.24) is 5.32 Å². The van der Waals surface area contributed by atoms with E-state index in [2.05, 4.69) is 5.32 Å². The van der Waals surface area contributed by atoms with Gasteiger partial charge in [0.1, 0.15) is 5.67 Å². The van der Waals surface area contributed by atoms with E-state index in [0.717, 1.165) is 25.8 Å². The minimum Gasteiger partial charge on any atom is -0.313 e. The van der Waals surface area contributed by atoms with Gasteiger partial charge in [-0.2, -0.15) is 0 Å². The molecule has 0 aromatic heterocycles. The summed E-state index contributed by atoms with van der Waals surface area (Å²) in [7, 11) is 0. The third kappa shape index (κ3) is 1.49. The molecule has 0 amide bonds. The topological polar surface area (TPSA) is 12.0 Å². The second-order valence-electron chi connectivity index (χ2n) is 4.30. The Balaban J connectivity index is 1.96. The van der Waals surface area contributed by atoms with Crippen LogP contribution in [0.5, 0.6) is 0 Å². The molecule has 0 radical (unpaired) electrons. The molecule has 1 saturated carbocycles. The van der Waals surface area contributed by atoms with E-state index in [-0.39, 0.29) is 0 Å². The molecule has 2 rings (SSSR count). The van der Waals surface area contributed by atoms with Crippen molar-refractivity contribution in [1.29, 1.82) is 0 Å². The average molecular weight is 171 g/mol. The fourth-order valence-electron chi connectivity index (χ4n) is 2.65. The summed E-state index contributed by atoms with van der Waals surface area (Å²) in [5.74, 6) is 0.362. The Bertz CT molecular complexity index is 146. The Morgan fingerprint density at radius 1 is 1.17 bits per heavy atom. The largest absolute Gasteiger partial charge is 0.313 e. The maximum absolute atomic E-state index is 14.1. The Kier molecular flexibility index (Phi) is 2.35. The van der Waals surface area contributed by atoms with Gasteiger partial charge in [0.25, 0.3) is 0 Å². The van der Waals surface area contributed by atoms with E-state index in [0.29, 0.717) is 12.5 Å². The minimum absolute atomic E-state index is 0.362. The molecule has 1 nitrogen and oxygen atoms in total. The van der Waals surface area contributed by atoms with Crippen LogP contribution in [0.3, 0.4) is 0 Å². The van der Waals surface area contributed by atoms with Crippen LogP contribution >= 0.6 is 0 Å². The van der Waals surface area contributed by atoms with Gasteiger partial charge in [-0.3, -0.25) is 0 Å². The molecule has 1 N–H and O–H groups in total. The molecule has 0 aromatic carbocycles. The van der Waals surface area contributed by atoms with Gasteiger partial charge in [-0.05, 0) is 31.7 Å². The maximum Gasteiger partial charge on any atom is 0.127 e. The van der Waals surface area contributed by atoms with Gasteiger partial charge in [0.15, 0.2) is 0 Å². The van der Waals surface area contributed by atoms with Crippen LogP contribution in [0.25, 0.3) is 0 Å². The summed E-state index contributed by atoms with van der Waals surface area (Å²) in [6, 6.07) is 0. The van der Waals surface area contributed by atoms with Crippen LogP contribution in [0, 0.1) is 5.92 Å². The number of alkyl halides is 1. The van der Waals surface area contributed by atoms with E-state index in [1.165, 1.54) is 19.3 Å². The summed E-state index contributed by atoms with van der Waals surface area (Å²) < 4.78 is 14.1. The smallest absolute Gasteiger partial charge is 0.127 e. The van der Waals surface area contributed by atoms with Gasteiger partial charge in [0, 0.05) is 6.54 Å². The third-order valence-electron chi connectivity index (χ3n) is 3.47. The molecule has 1 atom stereocenters. The number of hydrogen-bond donors (Lipinski definition) is 1. The van der Waals surface area contributed by atoms with Gasteiger partial charge >= 0.3 is 0 Å². The van der Waals surface area contributed by atoms with E-state index >= 15 is 0 Å². The summed E-state index contributed by atoms with van der Waals surface area (Å²) in [6.45, 7) is 1.49. The molecule has 0 bridgehead atoms. The van der Waals surface area contributed by atoms with E-state index in [9.17, 15) is 4.39 Å². The van der Waals surface area contributed by atoms with Crippen molar-refractivity contribution in [2.75, 3.05) is 13.1 Å². The van der Waals surface area contributed by atoms with Crippen molar-refractivity contribution in [3.8, 4) is 0 Å². The van der Waals surface area contributed by atoms with Crippen LogP contribution < -0.4 is 5.32 Å². The first-order chi connectivity index (χ1) is 5.81. The fourth-order valence-corrected chi connectivity index (χ4v) is 2.65. The van der Waals surface area contributed by atoms with Crippen LogP contribution in [-0.2, 0) is 0 Å². The summed E-state index contributed by atoms with van der Waals surface area (Å²) >= 11 is 0. The maximum atomic E-state index is 14.1. The predicted octanol–water partition coefficient (Wildman–Crippen LogP) is 2.27. The molecule has 1 unspecified atom stereocenters. The van der Waals surface area contributed by atoms with Crippen LogP contribution in [0.15, 0.2) is 0 Å².